The van der Waals surface area contributed by atoms with E-state index in [0.717, 1.165) is 0 Å². The van der Waals surface area contributed by atoms with Gasteiger partial charge in [0, 0.05) is 24.7 Å². The van der Waals surface area contributed by atoms with E-state index in [1.807, 2.05) is 24.3 Å². The van der Waals surface area contributed by atoms with Crippen molar-refractivity contribution in [2.45, 2.75) is 0 Å². The number of rotatable bonds is 7. The summed E-state index contributed by atoms with van der Waals surface area (Å²) in [6.45, 7) is 0.701. The van der Waals surface area contributed by atoms with Crippen LogP contribution in [0.5, 0.6) is 0 Å². The summed E-state index contributed by atoms with van der Waals surface area (Å²) in [4.78, 5) is 28.5. The number of anilines is 3. The maximum absolute atomic E-state index is 12.3. The van der Waals surface area contributed by atoms with E-state index in [-0.39, 0.29) is 5.56 Å². The molecule has 0 aliphatic carbocycles. The van der Waals surface area contributed by atoms with E-state index < -0.39 is 11.5 Å². The fraction of sp³-hybridized carbons (Fsp3) is 0.0952. The number of para-hydroxylation sites is 1. The molecule has 0 aliphatic rings. The van der Waals surface area contributed by atoms with Crippen LogP contribution in [0.15, 0.2) is 76.1 Å². The summed E-state index contributed by atoms with van der Waals surface area (Å²) >= 11 is 0. The van der Waals surface area contributed by atoms with Crippen molar-refractivity contribution in [3.05, 3.63) is 82.8 Å². The summed E-state index contributed by atoms with van der Waals surface area (Å²) in [5.41, 5.74) is -0.250. The third-order valence-corrected chi connectivity index (χ3v) is 4.19. The first kappa shape index (κ1) is 19.1. The van der Waals surface area contributed by atoms with Crippen LogP contribution in [0.1, 0.15) is 10.4 Å². The first-order valence-corrected chi connectivity index (χ1v) is 9.26. The van der Waals surface area contributed by atoms with Crippen molar-refractivity contribution in [2.75, 3.05) is 23.7 Å². The number of aromatic nitrogens is 3. The summed E-state index contributed by atoms with van der Waals surface area (Å²) in [6.07, 6.45) is 1.68. The van der Waals surface area contributed by atoms with Gasteiger partial charge >= 0.3 is 5.63 Å². The second-order valence-corrected chi connectivity index (χ2v) is 6.31. The molecule has 0 bridgehead atoms. The van der Waals surface area contributed by atoms with Crippen LogP contribution in [0.4, 0.5) is 17.5 Å². The molecule has 0 fully saturated rings. The molecule has 9 nitrogen and oxygen atoms in total. The largest absolute Gasteiger partial charge is 0.422 e. The molecular formula is C21H18N6O3. The highest BCUT2D eigenvalue weighted by molar-refractivity contribution is 5.96. The van der Waals surface area contributed by atoms with Crippen LogP contribution in [0, 0.1) is 0 Å². The van der Waals surface area contributed by atoms with E-state index in [1.165, 1.54) is 6.07 Å². The van der Waals surface area contributed by atoms with Gasteiger partial charge in [-0.05, 0) is 36.4 Å². The van der Waals surface area contributed by atoms with E-state index in [1.54, 1.807) is 36.5 Å². The Labute approximate surface area is 171 Å². The molecule has 30 heavy (non-hydrogen) atoms. The highest BCUT2D eigenvalue weighted by atomic mass is 16.4. The maximum Gasteiger partial charge on any atom is 0.349 e. The minimum absolute atomic E-state index is 0.0292. The molecule has 0 unspecified atom stereocenters. The van der Waals surface area contributed by atoms with Gasteiger partial charge in [0.25, 0.3) is 5.91 Å². The van der Waals surface area contributed by atoms with Crippen LogP contribution in [-0.4, -0.2) is 34.2 Å². The molecule has 0 saturated heterocycles. The number of nitrogens with zero attached hydrogens (tertiary/aromatic N) is 3. The third kappa shape index (κ3) is 4.58. The maximum atomic E-state index is 12.3. The molecule has 0 radical (unpaired) electrons. The molecule has 0 spiro atoms. The summed E-state index contributed by atoms with van der Waals surface area (Å²) in [5, 5.41) is 17.6. The Morgan fingerprint density at radius 2 is 1.70 bits per heavy atom. The van der Waals surface area contributed by atoms with Gasteiger partial charge in [-0.3, -0.25) is 4.79 Å². The lowest BCUT2D eigenvalue weighted by Crippen LogP contribution is -2.32. The number of carbonyl (C=O) groups is 1. The first-order chi connectivity index (χ1) is 14.7. The van der Waals surface area contributed by atoms with Crippen LogP contribution < -0.4 is 21.6 Å². The van der Waals surface area contributed by atoms with Crippen molar-refractivity contribution >= 4 is 34.3 Å². The topological polar surface area (TPSA) is 122 Å². The van der Waals surface area contributed by atoms with Crippen molar-refractivity contribution in [3.8, 4) is 0 Å². The van der Waals surface area contributed by atoms with Crippen LogP contribution in [0.2, 0.25) is 0 Å². The van der Waals surface area contributed by atoms with Gasteiger partial charge in [0.05, 0.1) is 0 Å². The third-order valence-electron chi connectivity index (χ3n) is 4.19. The molecule has 4 rings (SSSR count). The Morgan fingerprint density at radius 3 is 2.50 bits per heavy atom. The van der Waals surface area contributed by atoms with Crippen LogP contribution in [0.25, 0.3) is 11.0 Å². The second kappa shape index (κ2) is 8.82. The van der Waals surface area contributed by atoms with Crippen LogP contribution in [-0.2, 0) is 0 Å². The molecule has 1 amide bonds. The van der Waals surface area contributed by atoms with E-state index in [0.29, 0.717) is 41.5 Å². The van der Waals surface area contributed by atoms with Crippen molar-refractivity contribution < 1.29 is 9.21 Å². The van der Waals surface area contributed by atoms with Crippen molar-refractivity contribution in [1.82, 2.24) is 20.5 Å². The fourth-order valence-electron chi connectivity index (χ4n) is 2.74. The zero-order chi connectivity index (χ0) is 20.8. The average Bonchev–Trinajstić information content (AvgIpc) is 2.78. The number of amides is 1. The van der Waals surface area contributed by atoms with Crippen molar-refractivity contribution in [3.63, 3.8) is 0 Å². The van der Waals surface area contributed by atoms with Gasteiger partial charge in [0.1, 0.15) is 22.8 Å². The van der Waals surface area contributed by atoms with E-state index >= 15 is 0 Å². The lowest BCUT2D eigenvalue weighted by atomic mass is 10.2. The number of fused-ring (bicyclic) bond motifs is 1. The molecule has 3 heterocycles. The second-order valence-electron chi connectivity index (χ2n) is 6.31. The number of carbonyl (C=O) groups excluding carboxylic acids is 1. The van der Waals surface area contributed by atoms with Crippen molar-refractivity contribution in [2.24, 2.45) is 0 Å². The number of benzene rings is 1. The predicted octanol–water partition coefficient (Wildman–Crippen LogP) is 2.56. The first-order valence-electron chi connectivity index (χ1n) is 9.26. The highest BCUT2D eigenvalue weighted by Crippen LogP contribution is 2.13. The van der Waals surface area contributed by atoms with Gasteiger partial charge in [-0.1, -0.05) is 24.3 Å². The Balaban J connectivity index is 1.28. The average molecular weight is 402 g/mol. The Bertz CT molecular complexity index is 1210. The molecule has 0 aliphatic heterocycles. The summed E-state index contributed by atoms with van der Waals surface area (Å²) in [7, 11) is 0. The smallest absolute Gasteiger partial charge is 0.349 e. The lowest BCUT2D eigenvalue weighted by Gasteiger charge is -2.08. The molecule has 0 saturated carbocycles. The Kier molecular flexibility index (Phi) is 5.61. The molecule has 3 N–H and O–H groups in total. The van der Waals surface area contributed by atoms with Gasteiger partial charge in [-0.15, -0.1) is 10.2 Å². The van der Waals surface area contributed by atoms with Gasteiger partial charge in [0.15, 0.2) is 5.82 Å². The number of hydrogen-bond acceptors (Lipinski definition) is 8. The molecule has 3 aromatic heterocycles. The lowest BCUT2D eigenvalue weighted by molar-refractivity contribution is 0.0951. The predicted molar refractivity (Wildman–Crippen MR) is 113 cm³/mol. The van der Waals surface area contributed by atoms with Crippen LogP contribution in [0.3, 0.4) is 0 Å². The zero-order valence-electron chi connectivity index (χ0n) is 15.8. The van der Waals surface area contributed by atoms with Crippen LogP contribution >= 0.6 is 0 Å². The molecule has 9 heteroatoms. The SMILES string of the molecule is O=C(NCCNc1ccc(Nc2ccccn2)nn1)c1cc2ccccc2oc1=O. The number of hydrogen-bond donors (Lipinski definition) is 3. The van der Waals surface area contributed by atoms with Gasteiger partial charge in [-0.2, -0.15) is 0 Å². The zero-order valence-corrected chi connectivity index (χ0v) is 15.8. The summed E-state index contributed by atoms with van der Waals surface area (Å²) in [5.74, 6) is 1.31. The van der Waals surface area contributed by atoms with Gasteiger partial charge in [0.2, 0.25) is 0 Å². The minimum atomic E-state index is -0.666. The fourth-order valence-corrected chi connectivity index (χ4v) is 2.74. The molecule has 1 aromatic carbocycles. The Hall–Kier alpha value is -4.27. The molecule has 150 valence electrons. The quantitative estimate of drug-likeness (QED) is 0.318. The number of nitrogens with one attached hydrogen (secondary N) is 3. The summed E-state index contributed by atoms with van der Waals surface area (Å²) < 4.78 is 5.18. The van der Waals surface area contributed by atoms with E-state index in [4.69, 9.17) is 4.42 Å². The van der Waals surface area contributed by atoms with E-state index in [9.17, 15) is 9.59 Å². The monoisotopic (exact) mass is 402 g/mol. The summed E-state index contributed by atoms with van der Waals surface area (Å²) in [6, 6.07) is 17.6. The highest BCUT2D eigenvalue weighted by Gasteiger charge is 2.13. The molecule has 4 aromatic rings. The van der Waals surface area contributed by atoms with E-state index in [2.05, 4.69) is 31.1 Å². The molecule has 0 atom stereocenters. The standard InChI is InChI=1S/C21H18N6O3/c28-20(15-13-14-5-1-2-6-16(14)30-21(15)29)24-12-11-23-18-8-9-19(27-26-18)25-17-7-3-4-10-22-17/h1-10,13H,11-12H2,(H,23,26)(H,24,28)(H,22,25,27). The minimum Gasteiger partial charge on any atom is -0.422 e. The Morgan fingerprint density at radius 1 is 0.900 bits per heavy atom. The van der Waals surface area contributed by atoms with Crippen molar-refractivity contribution in [1.29, 1.82) is 0 Å². The number of pyridine rings is 1. The van der Waals surface area contributed by atoms with Gasteiger partial charge in [-0.25, -0.2) is 9.78 Å². The normalized spacial score (nSPS) is 10.5. The molecular weight excluding hydrogens is 384 g/mol. The van der Waals surface area contributed by atoms with Gasteiger partial charge < -0.3 is 20.4 Å².